The minimum atomic E-state index is 0.832. The Bertz CT molecular complexity index is 632. The topological polar surface area (TPSA) is 44.6 Å². The Morgan fingerprint density at radius 1 is 1.25 bits per heavy atom. The Morgan fingerprint density at radius 3 is 2.96 bits per heavy atom. The molecule has 0 fully saturated rings. The molecule has 2 aromatic heterocycles. The number of hydrogen-bond donors (Lipinski definition) is 2. The third kappa shape index (κ3) is 4.85. The number of nitrogens with one attached hydrogen (secondary N) is 2. The monoisotopic (exact) mass is 345 g/mol. The molecule has 1 aliphatic rings. The largest absolute Gasteiger partial charge is 0.357 e. The van der Waals surface area contributed by atoms with Crippen molar-refractivity contribution in [3.05, 3.63) is 46.4 Å². The Labute approximate surface area is 148 Å². The molecule has 0 spiro atoms. The fourth-order valence-electron chi connectivity index (χ4n) is 2.97. The molecule has 0 amide bonds. The van der Waals surface area contributed by atoms with E-state index < -0.39 is 0 Å². The second-order valence-corrected chi connectivity index (χ2v) is 7.00. The van der Waals surface area contributed by atoms with E-state index in [2.05, 4.69) is 63.0 Å². The van der Waals surface area contributed by atoms with Gasteiger partial charge in [0.25, 0.3) is 0 Å². The maximum Gasteiger partial charge on any atom is 0.191 e. The predicted molar refractivity (Wildman–Crippen MR) is 102 cm³/mol. The molecule has 0 unspecified atom stereocenters. The van der Waals surface area contributed by atoms with Crippen LogP contribution in [0.2, 0.25) is 0 Å². The van der Waals surface area contributed by atoms with Gasteiger partial charge in [0.2, 0.25) is 0 Å². The first kappa shape index (κ1) is 17.0. The zero-order chi connectivity index (χ0) is 16.6. The predicted octanol–water partition coefficient (Wildman–Crippen LogP) is 2.16. The van der Waals surface area contributed by atoms with Gasteiger partial charge in [-0.15, -0.1) is 11.3 Å². The van der Waals surface area contributed by atoms with Crippen LogP contribution in [0.1, 0.15) is 17.4 Å². The number of guanidine groups is 1. The van der Waals surface area contributed by atoms with Gasteiger partial charge in [0.1, 0.15) is 0 Å². The maximum absolute atomic E-state index is 4.72. The van der Waals surface area contributed by atoms with Crippen LogP contribution >= 0.6 is 11.3 Å². The summed E-state index contributed by atoms with van der Waals surface area (Å²) in [7, 11) is 0. The number of fused-ring (bicyclic) bond motifs is 1. The summed E-state index contributed by atoms with van der Waals surface area (Å²) in [5, 5.41) is 8.95. The fraction of sp³-hybridized carbons (Fsp3) is 0.500. The van der Waals surface area contributed by atoms with E-state index in [-0.39, 0.29) is 0 Å². The van der Waals surface area contributed by atoms with Gasteiger partial charge in [0.15, 0.2) is 5.96 Å². The van der Waals surface area contributed by atoms with Crippen molar-refractivity contribution in [2.75, 3.05) is 32.7 Å². The molecular formula is C18H27N5S. The van der Waals surface area contributed by atoms with E-state index in [0.717, 1.165) is 51.8 Å². The molecule has 5 nitrogen and oxygen atoms in total. The summed E-state index contributed by atoms with van der Waals surface area (Å²) >= 11 is 1.89. The van der Waals surface area contributed by atoms with Gasteiger partial charge in [-0.1, -0.05) is 0 Å². The van der Waals surface area contributed by atoms with Gasteiger partial charge in [-0.3, -0.25) is 9.89 Å². The van der Waals surface area contributed by atoms with Crippen molar-refractivity contribution in [1.82, 2.24) is 20.1 Å². The Morgan fingerprint density at radius 2 is 2.12 bits per heavy atom. The van der Waals surface area contributed by atoms with Crippen LogP contribution in [0, 0.1) is 0 Å². The van der Waals surface area contributed by atoms with Crippen LogP contribution in [0.15, 0.2) is 41.0 Å². The summed E-state index contributed by atoms with van der Waals surface area (Å²) in [6.07, 6.45) is 5.35. The SMILES string of the molecule is CCNC(=NCCN1CCc2sccc2C1)NCCn1cccc1. The van der Waals surface area contributed by atoms with Crippen molar-refractivity contribution in [2.45, 2.75) is 26.4 Å². The second-order valence-electron chi connectivity index (χ2n) is 6.00. The number of aromatic nitrogens is 1. The van der Waals surface area contributed by atoms with Crippen LogP contribution < -0.4 is 10.6 Å². The molecule has 0 atom stereocenters. The standard InChI is InChI=1S/C18H27N5S/c1-2-19-18(20-7-12-22-9-3-4-10-22)21-8-13-23-11-5-17-16(15-23)6-14-24-17/h3-4,6,9-10,14H,2,5,7-8,11-13,15H2,1H3,(H2,19,20,21). The molecule has 0 aliphatic carbocycles. The highest BCUT2D eigenvalue weighted by Gasteiger charge is 2.16. The molecule has 0 radical (unpaired) electrons. The van der Waals surface area contributed by atoms with Crippen molar-refractivity contribution < 1.29 is 0 Å². The summed E-state index contributed by atoms with van der Waals surface area (Å²) in [5.74, 6) is 0.915. The maximum atomic E-state index is 4.72. The number of rotatable bonds is 7. The van der Waals surface area contributed by atoms with E-state index in [1.807, 2.05) is 11.3 Å². The first-order valence-electron chi connectivity index (χ1n) is 8.75. The minimum absolute atomic E-state index is 0.832. The van der Waals surface area contributed by atoms with Gasteiger partial charge >= 0.3 is 0 Å². The number of hydrogen-bond acceptors (Lipinski definition) is 3. The second kappa shape index (κ2) is 8.89. The van der Waals surface area contributed by atoms with E-state index in [0.29, 0.717) is 0 Å². The Balaban J connectivity index is 1.42. The number of nitrogens with zero attached hydrogens (tertiary/aromatic N) is 3. The molecule has 0 saturated heterocycles. The average Bonchev–Trinajstić information content (AvgIpc) is 3.25. The molecule has 3 heterocycles. The van der Waals surface area contributed by atoms with Crippen molar-refractivity contribution >= 4 is 17.3 Å². The molecule has 2 aromatic rings. The first-order chi connectivity index (χ1) is 11.8. The smallest absolute Gasteiger partial charge is 0.191 e. The molecule has 1 aliphatic heterocycles. The third-order valence-electron chi connectivity index (χ3n) is 4.25. The fourth-order valence-corrected chi connectivity index (χ4v) is 3.86. The van der Waals surface area contributed by atoms with E-state index in [4.69, 9.17) is 4.99 Å². The highest BCUT2D eigenvalue weighted by Crippen LogP contribution is 2.23. The van der Waals surface area contributed by atoms with Crippen LogP contribution in [0.4, 0.5) is 0 Å². The zero-order valence-corrected chi connectivity index (χ0v) is 15.2. The molecule has 24 heavy (non-hydrogen) atoms. The highest BCUT2D eigenvalue weighted by molar-refractivity contribution is 7.10. The third-order valence-corrected chi connectivity index (χ3v) is 5.27. The summed E-state index contributed by atoms with van der Waals surface area (Å²) in [6, 6.07) is 6.37. The van der Waals surface area contributed by atoms with E-state index in [1.54, 1.807) is 4.88 Å². The normalized spacial score (nSPS) is 15.3. The lowest BCUT2D eigenvalue weighted by atomic mass is 10.1. The zero-order valence-electron chi connectivity index (χ0n) is 14.4. The van der Waals surface area contributed by atoms with Gasteiger partial charge in [-0.25, -0.2) is 0 Å². The van der Waals surface area contributed by atoms with Crippen LogP contribution in [0.5, 0.6) is 0 Å². The Hall–Kier alpha value is -1.79. The van der Waals surface area contributed by atoms with Crippen LogP contribution in [0.3, 0.4) is 0 Å². The van der Waals surface area contributed by atoms with Crippen molar-refractivity contribution in [2.24, 2.45) is 4.99 Å². The van der Waals surface area contributed by atoms with Crippen LogP contribution in [0.25, 0.3) is 0 Å². The lowest BCUT2D eigenvalue weighted by Crippen LogP contribution is -2.39. The van der Waals surface area contributed by atoms with Crippen molar-refractivity contribution in [1.29, 1.82) is 0 Å². The number of aliphatic imine (C=N–C) groups is 1. The summed E-state index contributed by atoms with van der Waals surface area (Å²) in [4.78, 5) is 8.78. The van der Waals surface area contributed by atoms with Crippen LogP contribution in [-0.4, -0.2) is 48.2 Å². The summed E-state index contributed by atoms with van der Waals surface area (Å²) in [5.41, 5.74) is 1.51. The Kier molecular flexibility index (Phi) is 6.32. The molecule has 0 saturated carbocycles. The van der Waals surface area contributed by atoms with Gasteiger partial charge in [-0.05, 0) is 42.5 Å². The van der Waals surface area contributed by atoms with Gasteiger partial charge in [0.05, 0.1) is 6.54 Å². The molecule has 3 rings (SSSR count). The van der Waals surface area contributed by atoms with E-state index >= 15 is 0 Å². The van der Waals surface area contributed by atoms with Gasteiger partial charge in [-0.2, -0.15) is 0 Å². The molecule has 0 bridgehead atoms. The first-order valence-corrected chi connectivity index (χ1v) is 9.63. The quantitative estimate of drug-likeness (QED) is 0.597. The van der Waals surface area contributed by atoms with E-state index in [9.17, 15) is 0 Å². The lowest BCUT2D eigenvalue weighted by Gasteiger charge is -2.26. The van der Waals surface area contributed by atoms with Crippen LogP contribution in [-0.2, 0) is 19.5 Å². The average molecular weight is 346 g/mol. The van der Waals surface area contributed by atoms with Gasteiger partial charge < -0.3 is 15.2 Å². The van der Waals surface area contributed by atoms with Gasteiger partial charge in [0, 0.05) is 56.5 Å². The summed E-state index contributed by atoms with van der Waals surface area (Å²) in [6.45, 7) is 8.89. The minimum Gasteiger partial charge on any atom is -0.357 e. The molecule has 130 valence electrons. The summed E-state index contributed by atoms with van der Waals surface area (Å²) < 4.78 is 2.17. The lowest BCUT2D eigenvalue weighted by molar-refractivity contribution is 0.263. The molecular weight excluding hydrogens is 318 g/mol. The highest BCUT2D eigenvalue weighted by atomic mass is 32.1. The number of thiophene rings is 1. The van der Waals surface area contributed by atoms with Crippen molar-refractivity contribution in [3.63, 3.8) is 0 Å². The van der Waals surface area contributed by atoms with E-state index in [1.165, 1.54) is 12.0 Å². The molecule has 6 heteroatoms. The van der Waals surface area contributed by atoms with Crippen molar-refractivity contribution in [3.8, 4) is 0 Å². The molecule has 0 aromatic carbocycles. The molecule has 2 N–H and O–H groups in total.